The summed E-state index contributed by atoms with van der Waals surface area (Å²) in [5.74, 6) is 0.126. The first-order valence-electron chi connectivity index (χ1n) is 8.24. The fourth-order valence-electron chi connectivity index (χ4n) is 2.13. The standard InChI is InChI=1S/C18H24N4O2S/c1-12(2)10-19-17(24)22-16(23)11-25-18-20-13(3)15(21-18)9-14-7-5-4-6-8-14/h4-8,12H,9-11H2,1-3H3,(H,20,21)(H2,19,22,23,24). The average molecular weight is 360 g/mol. The molecule has 0 aliphatic heterocycles. The third-order valence-corrected chi connectivity index (χ3v) is 4.32. The van der Waals surface area contributed by atoms with Crippen molar-refractivity contribution >= 4 is 23.7 Å². The summed E-state index contributed by atoms with van der Waals surface area (Å²) < 4.78 is 0. The quantitative estimate of drug-likeness (QED) is 0.663. The van der Waals surface area contributed by atoms with Crippen LogP contribution >= 0.6 is 11.8 Å². The number of hydrogen-bond donors (Lipinski definition) is 3. The van der Waals surface area contributed by atoms with Crippen molar-refractivity contribution in [2.75, 3.05) is 12.3 Å². The number of thioether (sulfide) groups is 1. The van der Waals surface area contributed by atoms with Gasteiger partial charge in [-0.15, -0.1) is 0 Å². The van der Waals surface area contributed by atoms with Crippen LogP contribution in [0.5, 0.6) is 0 Å². The summed E-state index contributed by atoms with van der Waals surface area (Å²) >= 11 is 1.28. The monoisotopic (exact) mass is 360 g/mol. The van der Waals surface area contributed by atoms with E-state index in [-0.39, 0.29) is 11.7 Å². The van der Waals surface area contributed by atoms with Crippen molar-refractivity contribution in [2.24, 2.45) is 5.92 Å². The summed E-state index contributed by atoms with van der Waals surface area (Å²) in [7, 11) is 0. The van der Waals surface area contributed by atoms with Crippen LogP contribution in [0.2, 0.25) is 0 Å². The second-order valence-electron chi connectivity index (χ2n) is 6.22. The van der Waals surface area contributed by atoms with Crippen LogP contribution < -0.4 is 10.6 Å². The summed E-state index contributed by atoms with van der Waals surface area (Å²) in [5, 5.41) is 5.65. The van der Waals surface area contributed by atoms with Crippen molar-refractivity contribution < 1.29 is 9.59 Å². The molecule has 134 valence electrons. The zero-order valence-corrected chi connectivity index (χ0v) is 15.6. The second-order valence-corrected chi connectivity index (χ2v) is 7.18. The first kappa shape index (κ1) is 19.1. The molecule has 6 nitrogen and oxygen atoms in total. The van der Waals surface area contributed by atoms with Gasteiger partial charge in [-0.25, -0.2) is 9.78 Å². The third kappa shape index (κ3) is 6.62. The summed E-state index contributed by atoms with van der Waals surface area (Å²) in [5.41, 5.74) is 3.14. The van der Waals surface area contributed by atoms with E-state index in [4.69, 9.17) is 0 Å². The highest BCUT2D eigenvalue weighted by Gasteiger charge is 2.12. The van der Waals surface area contributed by atoms with Crippen molar-refractivity contribution in [3.8, 4) is 0 Å². The number of urea groups is 1. The van der Waals surface area contributed by atoms with Crippen LogP contribution in [0.3, 0.4) is 0 Å². The maximum absolute atomic E-state index is 11.8. The maximum atomic E-state index is 11.8. The van der Waals surface area contributed by atoms with Crippen LogP contribution in [0.1, 0.15) is 30.8 Å². The Morgan fingerprint density at radius 2 is 1.96 bits per heavy atom. The van der Waals surface area contributed by atoms with Gasteiger partial charge in [-0.2, -0.15) is 0 Å². The fourth-order valence-corrected chi connectivity index (χ4v) is 2.87. The second kappa shape index (κ2) is 9.27. The van der Waals surface area contributed by atoms with E-state index in [1.807, 2.05) is 39.0 Å². The number of hydrogen-bond acceptors (Lipinski definition) is 4. The van der Waals surface area contributed by atoms with E-state index in [0.29, 0.717) is 17.6 Å². The maximum Gasteiger partial charge on any atom is 0.321 e. The minimum Gasteiger partial charge on any atom is -0.338 e. The van der Waals surface area contributed by atoms with Crippen LogP contribution in [-0.4, -0.2) is 34.2 Å². The first-order valence-corrected chi connectivity index (χ1v) is 9.22. The lowest BCUT2D eigenvalue weighted by atomic mass is 10.1. The number of amides is 3. The van der Waals surface area contributed by atoms with Gasteiger partial charge in [0.1, 0.15) is 0 Å². The van der Waals surface area contributed by atoms with Gasteiger partial charge in [0.25, 0.3) is 0 Å². The van der Waals surface area contributed by atoms with E-state index in [1.54, 1.807) is 0 Å². The van der Waals surface area contributed by atoms with Gasteiger partial charge in [-0.05, 0) is 18.4 Å². The van der Waals surface area contributed by atoms with E-state index >= 15 is 0 Å². The smallest absolute Gasteiger partial charge is 0.321 e. The van der Waals surface area contributed by atoms with E-state index in [9.17, 15) is 9.59 Å². The molecule has 0 spiro atoms. The molecule has 0 bridgehead atoms. The largest absolute Gasteiger partial charge is 0.338 e. The number of imide groups is 1. The molecule has 0 aliphatic rings. The molecule has 1 aromatic heterocycles. The Hall–Kier alpha value is -2.28. The highest BCUT2D eigenvalue weighted by atomic mass is 32.2. The number of nitrogens with one attached hydrogen (secondary N) is 3. The minimum atomic E-state index is -0.459. The molecule has 3 amide bonds. The first-order chi connectivity index (χ1) is 11.9. The molecule has 0 saturated carbocycles. The van der Waals surface area contributed by atoms with E-state index in [1.165, 1.54) is 17.3 Å². The van der Waals surface area contributed by atoms with Gasteiger partial charge in [-0.1, -0.05) is 55.9 Å². The predicted octanol–water partition coefficient (Wildman–Crippen LogP) is 2.88. The van der Waals surface area contributed by atoms with Gasteiger partial charge in [0.2, 0.25) is 5.91 Å². The average Bonchev–Trinajstić information content (AvgIpc) is 2.92. The normalized spacial score (nSPS) is 10.7. The summed E-state index contributed by atoms with van der Waals surface area (Å²) in [6.07, 6.45) is 0.744. The highest BCUT2D eigenvalue weighted by Crippen LogP contribution is 2.18. The van der Waals surface area contributed by atoms with E-state index in [0.717, 1.165) is 17.8 Å². The Balaban J connectivity index is 1.82. The van der Waals surface area contributed by atoms with Gasteiger partial charge in [0.15, 0.2) is 5.16 Å². The molecule has 0 saturated heterocycles. The Kier molecular flexibility index (Phi) is 7.06. The van der Waals surface area contributed by atoms with Gasteiger partial charge in [0, 0.05) is 18.7 Å². The molecule has 0 atom stereocenters. The Labute approximate surface area is 152 Å². The summed E-state index contributed by atoms with van der Waals surface area (Å²) in [4.78, 5) is 31.1. The van der Waals surface area contributed by atoms with Crippen molar-refractivity contribution in [1.29, 1.82) is 0 Å². The molecule has 25 heavy (non-hydrogen) atoms. The number of imidazole rings is 1. The molecular weight excluding hydrogens is 336 g/mol. The number of benzene rings is 1. The lowest BCUT2D eigenvalue weighted by Gasteiger charge is -2.07. The lowest BCUT2D eigenvalue weighted by Crippen LogP contribution is -2.41. The van der Waals surface area contributed by atoms with E-state index < -0.39 is 6.03 Å². The van der Waals surface area contributed by atoms with Crippen LogP contribution in [0.4, 0.5) is 4.79 Å². The number of aromatic amines is 1. The molecule has 0 unspecified atom stereocenters. The number of nitrogens with zero attached hydrogens (tertiary/aromatic N) is 1. The Morgan fingerprint density at radius 3 is 2.64 bits per heavy atom. The van der Waals surface area contributed by atoms with E-state index in [2.05, 4.69) is 32.7 Å². The number of H-pyrrole nitrogens is 1. The summed E-state index contributed by atoms with van der Waals surface area (Å²) in [6, 6.07) is 9.65. The topological polar surface area (TPSA) is 86.9 Å². The van der Waals surface area contributed by atoms with Gasteiger partial charge in [-0.3, -0.25) is 10.1 Å². The van der Waals surface area contributed by atoms with Crippen molar-refractivity contribution in [2.45, 2.75) is 32.3 Å². The van der Waals surface area contributed by atoms with Crippen molar-refractivity contribution in [3.63, 3.8) is 0 Å². The third-order valence-electron chi connectivity index (χ3n) is 3.44. The number of aromatic nitrogens is 2. The molecule has 2 rings (SSSR count). The number of rotatable bonds is 7. The molecule has 0 fully saturated rings. The Morgan fingerprint density at radius 1 is 1.24 bits per heavy atom. The van der Waals surface area contributed by atoms with Gasteiger partial charge in [0.05, 0.1) is 11.4 Å². The number of carbonyl (C=O) groups excluding carboxylic acids is 2. The zero-order valence-electron chi connectivity index (χ0n) is 14.8. The van der Waals surface area contributed by atoms with Crippen LogP contribution in [0, 0.1) is 12.8 Å². The minimum absolute atomic E-state index is 0.132. The summed E-state index contributed by atoms with van der Waals surface area (Å²) in [6.45, 7) is 6.48. The molecule has 2 aromatic rings. The van der Waals surface area contributed by atoms with Crippen molar-refractivity contribution in [1.82, 2.24) is 20.6 Å². The molecule has 1 heterocycles. The van der Waals surface area contributed by atoms with Crippen LogP contribution in [-0.2, 0) is 11.2 Å². The zero-order chi connectivity index (χ0) is 18.2. The van der Waals surface area contributed by atoms with Crippen LogP contribution in [0.15, 0.2) is 35.5 Å². The SMILES string of the molecule is Cc1[nH]c(SCC(=O)NC(=O)NCC(C)C)nc1Cc1ccccc1. The Bertz CT molecular complexity index is 713. The molecule has 1 aromatic carbocycles. The lowest BCUT2D eigenvalue weighted by molar-refractivity contribution is -0.117. The fraction of sp³-hybridized carbons (Fsp3) is 0.389. The molecule has 0 radical (unpaired) electrons. The van der Waals surface area contributed by atoms with Gasteiger partial charge >= 0.3 is 6.03 Å². The molecule has 7 heteroatoms. The number of carbonyl (C=O) groups is 2. The molecule has 0 aliphatic carbocycles. The van der Waals surface area contributed by atoms with Crippen molar-refractivity contribution in [3.05, 3.63) is 47.3 Å². The number of aryl methyl sites for hydroxylation is 1. The highest BCUT2D eigenvalue weighted by molar-refractivity contribution is 7.99. The molecule has 3 N–H and O–H groups in total. The predicted molar refractivity (Wildman–Crippen MR) is 99.7 cm³/mol. The van der Waals surface area contributed by atoms with Gasteiger partial charge < -0.3 is 10.3 Å². The molecular formula is C18H24N4O2S. The van der Waals surface area contributed by atoms with Crippen LogP contribution in [0.25, 0.3) is 0 Å².